The average molecular weight is 444 g/mol. The molecule has 3 aromatic rings. The van der Waals surface area contributed by atoms with Crippen LogP contribution in [0.5, 0.6) is 17.6 Å². The first-order valence-electron chi connectivity index (χ1n) is 9.78. The van der Waals surface area contributed by atoms with Crippen molar-refractivity contribution in [3.05, 3.63) is 64.8 Å². The van der Waals surface area contributed by atoms with Crippen molar-refractivity contribution in [2.24, 2.45) is 11.1 Å². The number of benzene rings is 2. The Kier molecular flexibility index (Phi) is 4.44. The molecule has 1 aromatic heterocycles. The molecule has 31 heavy (non-hydrogen) atoms. The highest BCUT2D eigenvalue weighted by atomic mass is 35.5. The zero-order valence-corrected chi connectivity index (χ0v) is 17.4. The number of primary amides is 1. The van der Waals surface area contributed by atoms with Gasteiger partial charge in [-0.1, -0.05) is 28.8 Å². The van der Waals surface area contributed by atoms with E-state index >= 15 is 0 Å². The second-order valence-electron chi connectivity index (χ2n) is 8.44. The Labute approximate surface area is 182 Å². The molecule has 1 atom stereocenters. The number of amides is 1. The van der Waals surface area contributed by atoms with Gasteiger partial charge in [0.15, 0.2) is 6.10 Å². The molecule has 2 N–H and O–H groups in total. The molecule has 6 rings (SSSR count). The summed E-state index contributed by atoms with van der Waals surface area (Å²) in [5.74, 6) is 0.0663. The zero-order chi connectivity index (χ0) is 21.8. The quantitative estimate of drug-likeness (QED) is 0.583. The van der Waals surface area contributed by atoms with E-state index in [4.69, 9.17) is 31.2 Å². The van der Waals surface area contributed by atoms with Crippen LogP contribution in [0.3, 0.4) is 0 Å². The Morgan fingerprint density at radius 1 is 1.19 bits per heavy atom. The van der Waals surface area contributed by atoms with E-state index in [2.05, 4.69) is 10.2 Å². The van der Waals surface area contributed by atoms with Crippen molar-refractivity contribution in [1.29, 1.82) is 0 Å². The first kappa shape index (κ1) is 19.8. The molecule has 0 spiro atoms. The summed E-state index contributed by atoms with van der Waals surface area (Å²) in [6, 6.07) is 11.5. The number of ether oxygens (including phenoxy) is 2. The number of carbonyl (C=O) groups excluding carboxylic acids is 1. The summed E-state index contributed by atoms with van der Waals surface area (Å²) in [7, 11) is 0. The van der Waals surface area contributed by atoms with E-state index in [1.54, 1.807) is 6.07 Å². The molecule has 7 nitrogen and oxygen atoms in total. The topological polar surface area (TPSA) is 100 Å². The molecule has 3 fully saturated rings. The minimum absolute atomic E-state index is 0.0208. The second-order valence-corrected chi connectivity index (χ2v) is 8.85. The molecular formula is C22H19ClFN3O4. The molecule has 160 valence electrons. The van der Waals surface area contributed by atoms with E-state index in [-0.39, 0.29) is 22.3 Å². The van der Waals surface area contributed by atoms with Gasteiger partial charge in [-0.05, 0) is 56.0 Å². The smallest absolute Gasteiger partial charge is 0.420 e. The number of hydrogen-bond acceptors (Lipinski definition) is 6. The lowest BCUT2D eigenvalue weighted by atomic mass is 9.33. The van der Waals surface area contributed by atoms with Crippen molar-refractivity contribution in [1.82, 2.24) is 10.2 Å². The number of aryl methyl sites for hydroxylation is 1. The summed E-state index contributed by atoms with van der Waals surface area (Å²) >= 11 is 5.71. The summed E-state index contributed by atoms with van der Waals surface area (Å²) in [6.45, 7) is 1.96. The standard InChI is InChI=1S/C22H19ClFN3O4/c1-12-3-2-4-13(7-12)30-20-27-26-19(31-20)22-9-21(10-22,11-22)17(18(25)28)29-14-5-6-15(23)16(24)8-14/h2-8,17H,9-11H2,1H3,(H2,25,28). The van der Waals surface area contributed by atoms with Gasteiger partial charge in [0.2, 0.25) is 5.89 Å². The first-order valence-corrected chi connectivity index (χ1v) is 10.2. The second kappa shape index (κ2) is 6.95. The summed E-state index contributed by atoms with van der Waals surface area (Å²) < 4.78 is 30.9. The Hall–Kier alpha value is -3.13. The van der Waals surface area contributed by atoms with E-state index in [9.17, 15) is 9.18 Å². The summed E-state index contributed by atoms with van der Waals surface area (Å²) in [5.41, 5.74) is 5.90. The zero-order valence-electron chi connectivity index (χ0n) is 16.6. The van der Waals surface area contributed by atoms with Crippen LogP contribution < -0.4 is 15.2 Å². The van der Waals surface area contributed by atoms with Crippen molar-refractivity contribution in [3.63, 3.8) is 0 Å². The molecule has 1 heterocycles. The minimum Gasteiger partial charge on any atom is -0.480 e. The van der Waals surface area contributed by atoms with Crippen LogP contribution >= 0.6 is 11.6 Å². The maximum Gasteiger partial charge on any atom is 0.420 e. The van der Waals surface area contributed by atoms with Crippen LogP contribution in [-0.4, -0.2) is 22.2 Å². The van der Waals surface area contributed by atoms with Crippen molar-refractivity contribution < 1.29 is 23.1 Å². The fourth-order valence-electron chi connectivity index (χ4n) is 4.79. The molecule has 3 aliphatic rings. The third kappa shape index (κ3) is 3.31. The highest BCUT2D eigenvalue weighted by molar-refractivity contribution is 6.30. The largest absolute Gasteiger partial charge is 0.480 e. The average Bonchev–Trinajstić information content (AvgIpc) is 3.10. The van der Waals surface area contributed by atoms with Gasteiger partial charge in [0.05, 0.1) is 10.4 Å². The van der Waals surface area contributed by atoms with E-state index in [1.807, 2.05) is 25.1 Å². The lowest BCUT2D eigenvalue weighted by molar-refractivity contribution is -0.208. The fourth-order valence-corrected chi connectivity index (χ4v) is 4.90. The lowest BCUT2D eigenvalue weighted by Gasteiger charge is -2.69. The van der Waals surface area contributed by atoms with Gasteiger partial charge in [-0.3, -0.25) is 4.79 Å². The van der Waals surface area contributed by atoms with Crippen LogP contribution in [0.1, 0.15) is 30.7 Å². The van der Waals surface area contributed by atoms with E-state index < -0.39 is 23.2 Å². The molecule has 1 unspecified atom stereocenters. The van der Waals surface area contributed by atoms with Gasteiger partial charge in [0.25, 0.3) is 5.91 Å². The van der Waals surface area contributed by atoms with Gasteiger partial charge in [-0.2, -0.15) is 0 Å². The fraction of sp³-hybridized carbons (Fsp3) is 0.318. The van der Waals surface area contributed by atoms with E-state index in [1.165, 1.54) is 12.1 Å². The maximum absolute atomic E-state index is 13.7. The van der Waals surface area contributed by atoms with Crippen LogP contribution in [0.4, 0.5) is 4.39 Å². The maximum atomic E-state index is 13.7. The van der Waals surface area contributed by atoms with Crippen LogP contribution in [0.2, 0.25) is 5.02 Å². The SMILES string of the molecule is Cc1cccc(Oc2nnc(C34CC(C(Oc5ccc(Cl)c(F)c5)C(N)=O)(C3)C4)o2)c1. The number of hydrogen-bond donors (Lipinski definition) is 1. The molecule has 0 radical (unpaired) electrons. The number of rotatable bonds is 7. The summed E-state index contributed by atoms with van der Waals surface area (Å²) in [5, 5.41) is 8.11. The molecular weight excluding hydrogens is 425 g/mol. The summed E-state index contributed by atoms with van der Waals surface area (Å²) in [6.07, 6.45) is 1.00. The lowest BCUT2D eigenvalue weighted by Crippen LogP contribution is -2.72. The summed E-state index contributed by atoms with van der Waals surface area (Å²) in [4.78, 5) is 12.1. The van der Waals surface area contributed by atoms with Gasteiger partial charge in [0, 0.05) is 11.5 Å². The van der Waals surface area contributed by atoms with Crippen LogP contribution in [-0.2, 0) is 10.2 Å². The van der Waals surface area contributed by atoms with Crippen molar-refractivity contribution in [2.45, 2.75) is 37.7 Å². The normalized spacial score (nSPS) is 24.6. The molecule has 9 heteroatoms. The van der Waals surface area contributed by atoms with Crippen molar-refractivity contribution in [2.75, 3.05) is 0 Å². The van der Waals surface area contributed by atoms with Gasteiger partial charge in [0.1, 0.15) is 17.3 Å². The number of nitrogens with zero attached hydrogens (tertiary/aromatic N) is 2. The molecule has 0 aliphatic heterocycles. The van der Waals surface area contributed by atoms with Crippen LogP contribution in [0, 0.1) is 18.2 Å². The third-order valence-electron chi connectivity index (χ3n) is 6.09. The number of aromatic nitrogens is 2. The van der Waals surface area contributed by atoms with Gasteiger partial charge >= 0.3 is 6.08 Å². The number of carbonyl (C=O) groups is 1. The molecule has 3 aliphatic carbocycles. The first-order chi connectivity index (χ1) is 14.8. The number of halogens is 2. The number of nitrogens with two attached hydrogens (primary N) is 1. The highest BCUT2D eigenvalue weighted by Crippen LogP contribution is 2.75. The Balaban J connectivity index is 1.28. The molecule has 0 saturated heterocycles. The van der Waals surface area contributed by atoms with Crippen LogP contribution in [0.15, 0.2) is 46.9 Å². The molecule has 3 saturated carbocycles. The van der Waals surface area contributed by atoms with E-state index in [0.29, 0.717) is 30.9 Å². The highest BCUT2D eigenvalue weighted by Gasteiger charge is 2.75. The molecule has 2 aromatic carbocycles. The van der Waals surface area contributed by atoms with Gasteiger partial charge in [-0.15, -0.1) is 5.10 Å². The predicted octanol–water partition coefficient (Wildman–Crippen LogP) is 4.32. The predicted molar refractivity (Wildman–Crippen MR) is 109 cm³/mol. The Morgan fingerprint density at radius 2 is 1.97 bits per heavy atom. The Bertz CT molecular complexity index is 1160. The third-order valence-corrected chi connectivity index (χ3v) is 6.39. The minimum atomic E-state index is -0.888. The monoisotopic (exact) mass is 443 g/mol. The Morgan fingerprint density at radius 3 is 2.65 bits per heavy atom. The molecule has 1 amide bonds. The van der Waals surface area contributed by atoms with Crippen molar-refractivity contribution >= 4 is 17.5 Å². The molecule has 2 bridgehead atoms. The van der Waals surface area contributed by atoms with Crippen LogP contribution in [0.25, 0.3) is 0 Å². The van der Waals surface area contributed by atoms with E-state index in [0.717, 1.165) is 11.6 Å². The van der Waals surface area contributed by atoms with Crippen molar-refractivity contribution in [3.8, 4) is 17.6 Å². The van der Waals surface area contributed by atoms with Gasteiger partial charge < -0.3 is 19.6 Å². The van der Waals surface area contributed by atoms with Gasteiger partial charge in [-0.25, -0.2) is 4.39 Å².